The van der Waals surface area contributed by atoms with Crippen molar-refractivity contribution in [1.82, 2.24) is 18.8 Å². The Labute approximate surface area is 262 Å². The van der Waals surface area contributed by atoms with E-state index in [0.717, 1.165) is 5.56 Å². The molecule has 2 N–H and O–H groups in total. The number of hydrogen-bond acceptors (Lipinski definition) is 6. The van der Waals surface area contributed by atoms with Crippen molar-refractivity contribution in [3.63, 3.8) is 0 Å². The average Bonchev–Trinajstić information content (AvgIpc) is 3.26. The lowest BCUT2D eigenvalue weighted by Crippen LogP contribution is -2.40. The summed E-state index contributed by atoms with van der Waals surface area (Å²) in [7, 11) is 0. The van der Waals surface area contributed by atoms with E-state index >= 15 is 0 Å². The fraction of sp³-hybridized carbons (Fsp3) is 0.333. The van der Waals surface area contributed by atoms with Crippen molar-refractivity contribution < 1.29 is 9.18 Å². The van der Waals surface area contributed by atoms with Crippen LogP contribution in [0.25, 0.3) is 10.2 Å². The molecule has 0 bridgehead atoms. The van der Waals surface area contributed by atoms with Gasteiger partial charge in [0.05, 0.1) is 23.7 Å². The number of aromatic nitrogens is 3. The number of rotatable bonds is 9. The minimum absolute atomic E-state index is 0. The van der Waals surface area contributed by atoms with Crippen LogP contribution in [0.3, 0.4) is 0 Å². The predicted molar refractivity (Wildman–Crippen MR) is 170 cm³/mol. The molecule has 0 saturated heterocycles. The zero-order valence-electron chi connectivity index (χ0n) is 22.3. The third-order valence-corrected chi connectivity index (χ3v) is 7.16. The van der Waals surface area contributed by atoms with Gasteiger partial charge in [0.2, 0.25) is 0 Å². The van der Waals surface area contributed by atoms with E-state index in [1.165, 1.54) is 17.6 Å². The number of halogens is 5. The van der Waals surface area contributed by atoms with Gasteiger partial charge in [-0.05, 0) is 68.0 Å². The van der Waals surface area contributed by atoms with E-state index in [1.54, 1.807) is 35.4 Å². The summed E-state index contributed by atoms with van der Waals surface area (Å²) in [5.41, 5.74) is 7.91. The summed E-state index contributed by atoms with van der Waals surface area (Å²) in [5.74, 6) is -0.274. The Balaban J connectivity index is 0.00000380. The van der Waals surface area contributed by atoms with Gasteiger partial charge in [-0.2, -0.15) is 4.37 Å². The Morgan fingerprint density at radius 3 is 2.38 bits per heavy atom. The van der Waals surface area contributed by atoms with Gasteiger partial charge in [-0.1, -0.05) is 43.3 Å². The lowest BCUT2D eigenvalue weighted by molar-refractivity contribution is 0.0655. The van der Waals surface area contributed by atoms with Crippen LogP contribution < -0.4 is 11.3 Å². The number of carbonyl (C=O) groups excluding carboxylic acids is 1. The van der Waals surface area contributed by atoms with Crippen LogP contribution in [0.4, 0.5) is 4.39 Å². The van der Waals surface area contributed by atoms with E-state index in [9.17, 15) is 14.0 Å². The fourth-order valence-corrected chi connectivity index (χ4v) is 5.13. The van der Waals surface area contributed by atoms with Crippen molar-refractivity contribution in [1.29, 1.82) is 0 Å². The minimum atomic E-state index is -0.517. The van der Waals surface area contributed by atoms with Crippen molar-refractivity contribution >= 4 is 77.3 Å². The standard InChI is InChI=1S/C27H30FN5O2S.4ClH/c1-4-22(32(14-8-13-29)26(34)20-12-11-17(2)21(28)15-20)24-30-25-23(18(3)31-36-25)27(35)33(24)16-19-9-6-5-7-10-19;;;;/h5-7,9-12,15,22H,4,8,13-14,16,29H2,1-3H3;4*1H. The molecule has 1 unspecified atom stereocenters. The van der Waals surface area contributed by atoms with E-state index < -0.39 is 11.9 Å². The molecule has 0 spiro atoms. The third-order valence-electron chi connectivity index (χ3n) is 6.32. The van der Waals surface area contributed by atoms with E-state index in [-0.39, 0.29) is 66.7 Å². The molecule has 0 aliphatic rings. The maximum absolute atomic E-state index is 14.3. The lowest BCUT2D eigenvalue weighted by atomic mass is 10.1. The quantitative estimate of drug-likeness (QED) is 0.229. The molecule has 2 aromatic carbocycles. The Morgan fingerprint density at radius 1 is 1.10 bits per heavy atom. The highest BCUT2D eigenvalue weighted by Gasteiger charge is 2.30. The number of benzene rings is 2. The molecule has 4 rings (SSSR count). The molecule has 0 radical (unpaired) electrons. The van der Waals surface area contributed by atoms with E-state index in [0.29, 0.717) is 59.8 Å². The smallest absolute Gasteiger partial charge is 0.264 e. The van der Waals surface area contributed by atoms with Crippen LogP contribution in [-0.4, -0.2) is 37.8 Å². The van der Waals surface area contributed by atoms with Crippen LogP contribution in [0.15, 0.2) is 53.3 Å². The minimum Gasteiger partial charge on any atom is -0.330 e. The van der Waals surface area contributed by atoms with Crippen LogP contribution in [0.1, 0.15) is 58.8 Å². The SMILES string of the molecule is CCC(c1nc2snc(C)c2c(=O)n1Cc1ccccc1)N(CCCN)C(=O)c1ccc(C)c(F)c1.Cl.Cl.Cl.Cl. The summed E-state index contributed by atoms with van der Waals surface area (Å²) in [5, 5.41) is 0.495. The number of aryl methyl sites for hydroxylation is 2. The second kappa shape index (κ2) is 16.9. The number of carbonyl (C=O) groups is 1. The molecule has 0 aliphatic heterocycles. The summed E-state index contributed by atoms with van der Waals surface area (Å²) in [6.07, 6.45) is 1.07. The number of nitrogens with two attached hydrogens (primary N) is 1. The number of fused-ring (bicyclic) bond motifs is 1. The Bertz CT molecular complexity index is 1450. The third kappa shape index (κ3) is 7.93. The molecule has 40 heavy (non-hydrogen) atoms. The maximum Gasteiger partial charge on any atom is 0.264 e. The van der Waals surface area contributed by atoms with Gasteiger partial charge in [0, 0.05) is 12.1 Å². The van der Waals surface area contributed by atoms with Gasteiger partial charge in [-0.15, -0.1) is 49.6 Å². The Hall–Kier alpha value is -2.27. The summed E-state index contributed by atoms with van der Waals surface area (Å²) in [6.45, 7) is 6.45. The molecular formula is C27H34Cl4FN5O2S. The topological polar surface area (TPSA) is 94.1 Å². The van der Waals surface area contributed by atoms with Crippen LogP contribution >= 0.6 is 61.2 Å². The number of nitrogens with zero attached hydrogens (tertiary/aromatic N) is 4. The first-order valence-electron chi connectivity index (χ1n) is 12.0. The van der Waals surface area contributed by atoms with Gasteiger partial charge >= 0.3 is 0 Å². The summed E-state index contributed by atoms with van der Waals surface area (Å²) >= 11 is 1.18. The van der Waals surface area contributed by atoms with Crippen LogP contribution in [0.2, 0.25) is 0 Å². The highest BCUT2D eigenvalue weighted by atomic mass is 35.5. The molecule has 0 aliphatic carbocycles. The largest absolute Gasteiger partial charge is 0.330 e. The first-order valence-corrected chi connectivity index (χ1v) is 12.8. The van der Waals surface area contributed by atoms with Crippen LogP contribution in [0.5, 0.6) is 0 Å². The molecule has 1 atom stereocenters. The first-order chi connectivity index (χ1) is 17.3. The molecule has 7 nitrogen and oxygen atoms in total. The molecule has 2 heterocycles. The fourth-order valence-electron chi connectivity index (χ4n) is 4.35. The molecular weight excluding hydrogens is 619 g/mol. The second-order valence-electron chi connectivity index (χ2n) is 8.82. The van der Waals surface area contributed by atoms with Crippen LogP contribution in [-0.2, 0) is 6.54 Å². The summed E-state index contributed by atoms with van der Waals surface area (Å²) in [4.78, 5) is 34.5. The van der Waals surface area contributed by atoms with Gasteiger partial charge in [0.25, 0.3) is 11.5 Å². The molecule has 0 saturated carbocycles. The molecule has 0 fully saturated rings. The summed E-state index contributed by atoms with van der Waals surface area (Å²) < 4.78 is 20.3. The van der Waals surface area contributed by atoms with Gasteiger partial charge in [-0.3, -0.25) is 14.2 Å². The zero-order valence-corrected chi connectivity index (χ0v) is 26.4. The van der Waals surface area contributed by atoms with Crippen molar-refractivity contribution in [2.24, 2.45) is 5.73 Å². The highest BCUT2D eigenvalue weighted by Crippen LogP contribution is 2.28. The zero-order chi connectivity index (χ0) is 25.8. The van der Waals surface area contributed by atoms with Gasteiger partial charge in [0.15, 0.2) is 4.83 Å². The monoisotopic (exact) mass is 651 g/mol. The number of hydrogen-bond donors (Lipinski definition) is 1. The van der Waals surface area contributed by atoms with E-state index in [4.69, 9.17) is 10.7 Å². The summed E-state index contributed by atoms with van der Waals surface area (Å²) in [6, 6.07) is 13.6. The Morgan fingerprint density at radius 2 is 1.77 bits per heavy atom. The van der Waals surface area contributed by atoms with E-state index in [2.05, 4.69) is 4.37 Å². The average molecular weight is 653 g/mol. The van der Waals surface area contributed by atoms with Crippen molar-refractivity contribution in [3.8, 4) is 0 Å². The highest BCUT2D eigenvalue weighted by molar-refractivity contribution is 7.12. The van der Waals surface area contributed by atoms with Gasteiger partial charge < -0.3 is 10.6 Å². The number of amides is 1. The molecule has 220 valence electrons. The molecule has 1 amide bonds. The van der Waals surface area contributed by atoms with Crippen molar-refractivity contribution in [2.45, 2.75) is 46.2 Å². The molecule has 4 aromatic rings. The normalized spacial score (nSPS) is 10.9. The van der Waals surface area contributed by atoms with E-state index in [1.807, 2.05) is 37.3 Å². The Kier molecular flexibility index (Phi) is 15.9. The van der Waals surface area contributed by atoms with Crippen molar-refractivity contribution in [2.75, 3.05) is 13.1 Å². The van der Waals surface area contributed by atoms with Gasteiger partial charge in [-0.25, -0.2) is 9.37 Å². The molecule has 13 heteroatoms. The predicted octanol–water partition coefficient (Wildman–Crippen LogP) is 6.29. The van der Waals surface area contributed by atoms with Crippen molar-refractivity contribution in [3.05, 3.63) is 92.9 Å². The molecule has 2 aromatic heterocycles. The first kappa shape index (κ1) is 37.7. The second-order valence-corrected chi connectivity index (χ2v) is 9.58. The maximum atomic E-state index is 14.3. The van der Waals surface area contributed by atoms with Crippen LogP contribution in [0, 0.1) is 19.7 Å². The van der Waals surface area contributed by atoms with Gasteiger partial charge in [0.1, 0.15) is 11.6 Å². The lowest BCUT2D eigenvalue weighted by Gasteiger charge is -2.32.